The van der Waals surface area contributed by atoms with Crippen LogP contribution in [-0.4, -0.2) is 58.3 Å². The summed E-state index contributed by atoms with van der Waals surface area (Å²) < 4.78 is 5.55. The lowest BCUT2D eigenvalue weighted by atomic mass is 9.77. The summed E-state index contributed by atoms with van der Waals surface area (Å²) in [6.07, 6.45) is 2.46. The van der Waals surface area contributed by atoms with Gasteiger partial charge in [0.1, 0.15) is 6.10 Å². The van der Waals surface area contributed by atoms with Crippen LogP contribution >= 0.6 is 0 Å². The first-order valence-corrected chi connectivity index (χ1v) is 9.12. The molecular weight excluding hydrogens is 362 g/mol. The number of carbonyl (C=O) groups is 3. The number of esters is 1. The van der Waals surface area contributed by atoms with Crippen molar-refractivity contribution >= 4 is 23.5 Å². The summed E-state index contributed by atoms with van der Waals surface area (Å²) in [5.74, 6) is -3.13. The molecule has 0 spiro atoms. The molecule has 2 bridgehead atoms. The number of hydrogen-bond acceptors (Lipinski definition) is 5. The Hall–Kier alpha value is -2.93. The molecule has 7 heteroatoms. The number of carboxylic acids is 2. The SMILES string of the molecule is CC(=O)OC1CC(/C(=C/C(=O)O)C(=O)O)N2CC=C(c3cccc(C)c3)C1C2. The van der Waals surface area contributed by atoms with Gasteiger partial charge in [0, 0.05) is 44.5 Å². The van der Waals surface area contributed by atoms with Crippen LogP contribution < -0.4 is 0 Å². The molecule has 3 rings (SSSR count). The Morgan fingerprint density at radius 1 is 1.25 bits per heavy atom. The summed E-state index contributed by atoms with van der Waals surface area (Å²) >= 11 is 0. The molecular formula is C21H23NO6. The fraction of sp³-hybridized carbons (Fsp3) is 0.381. The summed E-state index contributed by atoms with van der Waals surface area (Å²) in [7, 11) is 0. The second-order valence-electron chi connectivity index (χ2n) is 7.23. The second kappa shape index (κ2) is 7.98. The van der Waals surface area contributed by atoms with E-state index < -0.39 is 30.1 Å². The molecule has 148 valence electrons. The fourth-order valence-electron chi connectivity index (χ4n) is 4.16. The summed E-state index contributed by atoms with van der Waals surface area (Å²) in [5, 5.41) is 18.6. The Bertz CT molecular complexity index is 871. The van der Waals surface area contributed by atoms with Gasteiger partial charge in [0.05, 0.1) is 5.57 Å². The highest BCUT2D eigenvalue weighted by atomic mass is 16.5. The number of carbonyl (C=O) groups excluding carboxylic acids is 1. The Balaban J connectivity index is 2.00. The van der Waals surface area contributed by atoms with E-state index in [1.807, 2.05) is 36.1 Å². The van der Waals surface area contributed by atoms with Gasteiger partial charge in [0.2, 0.25) is 0 Å². The highest BCUT2D eigenvalue weighted by Crippen LogP contribution is 2.40. The van der Waals surface area contributed by atoms with Crippen LogP contribution in [-0.2, 0) is 19.1 Å². The molecule has 4 unspecified atom stereocenters. The minimum Gasteiger partial charge on any atom is -0.478 e. The van der Waals surface area contributed by atoms with Crippen molar-refractivity contribution in [2.45, 2.75) is 32.4 Å². The zero-order valence-corrected chi connectivity index (χ0v) is 15.8. The molecule has 2 N–H and O–H groups in total. The smallest absolute Gasteiger partial charge is 0.333 e. The standard InChI is InChI=1S/C21H23NO6/c1-12-4-3-5-14(8-12)15-6-7-22-11-17(15)19(28-13(2)23)10-18(22)16(21(26)27)9-20(24)25/h3-6,8-9,17-19H,7,10-11H2,1-2H3,(H,24,25)(H,26,27)/b16-9-. The average molecular weight is 385 g/mol. The van der Waals surface area contributed by atoms with Crippen molar-refractivity contribution in [3.8, 4) is 0 Å². The Labute approximate surface area is 162 Å². The predicted octanol–water partition coefficient (Wildman–Crippen LogP) is 2.11. The molecule has 7 nitrogen and oxygen atoms in total. The molecule has 0 aromatic heterocycles. The number of fused-ring (bicyclic) bond motifs is 2. The van der Waals surface area contributed by atoms with Crippen molar-refractivity contribution in [2.75, 3.05) is 13.1 Å². The maximum absolute atomic E-state index is 11.7. The van der Waals surface area contributed by atoms with Crippen LogP contribution in [0.25, 0.3) is 5.57 Å². The van der Waals surface area contributed by atoms with Gasteiger partial charge in [-0.05, 0) is 18.1 Å². The maximum atomic E-state index is 11.7. The van der Waals surface area contributed by atoms with Crippen LogP contribution in [0.2, 0.25) is 0 Å². The second-order valence-corrected chi connectivity index (χ2v) is 7.23. The van der Waals surface area contributed by atoms with Crippen LogP contribution in [0.15, 0.2) is 42.0 Å². The number of aryl methyl sites for hydroxylation is 1. The van der Waals surface area contributed by atoms with Gasteiger partial charge in [-0.3, -0.25) is 9.69 Å². The van der Waals surface area contributed by atoms with Crippen molar-refractivity contribution in [2.24, 2.45) is 5.92 Å². The topological polar surface area (TPSA) is 104 Å². The third-order valence-corrected chi connectivity index (χ3v) is 5.28. The lowest BCUT2D eigenvalue weighted by Gasteiger charge is -2.47. The van der Waals surface area contributed by atoms with Crippen LogP contribution in [0.4, 0.5) is 0 Å². The number of rotatable bonds is 5. The first kappa shape index (κ1) is 19.8. The number of piperidine rings is 1. The van der Waals surface area contributed by atoms with E-state index in [1.54, 1.807) is 0 Å². The largest absolute Gasteiger partial charge is 0.478 e. The first-order chi connectivity index (χ1) is 13.3. The van der Waals surface area contributed by atoms with Crippen molar-refractivity contribution in [3.63, 3.8) is 0 Å². The molecule has 1 fully saturated rings. The molecule has 0 aliphatic carbocycles. The van der Waals surface area contributed by atoms with E-state index in [1.165, 1.54) is 6.92 Å². The van der Waals surface area contributed by atoms with E-state index >= 15 is 0 Å². The van der Waals surface area contributed by atoms with E-state index in [0.29, 0.717) is 13.1 Å². The maximum Gasteiger partial charge on any atom is 0.333 e. The summed E-state index contributed by atoms with van der Waals surface area (Å²) in [4.78, 5) is 36.4. The monoisotopic (exact) mass is 385 g/mol. The molecule has 1 saturated heterocycles. The zero-order chi connectivity index (χ0) is 20.4. The third kappa shape index (κ3) is 4.14. The molecule has 1 aromatic rings. The number of aliphatic carboxylic acids is 2. The number of nitrogens with zero attached hydrogens (tertiary/aromatic N) is 1. The van der Waals surface area contributed by atoms with Crippen LogP contribution in [0.5, 0.6) is 0 Å². The summed E-state index contributed by atoms with van der Waals surface area (Å²) in [6, 6.07) is 7.44. The Kier molecular flexibility index (Phi) is 5.65. The number of benzene rings is 1. The van der Waals surface area contributed by atoms with Gasteiger partial charge in [-0.25, -0.2) is 9.59 Å². The Morgan fingerprint density at radius 3 is 2.61 bits per heavy atom. The molecule has 28 heavy (non-hydrogen) atoms. The molecule has 0 amide bonds. The third-order valence-electron chi connectivity index (χ3n) is 5.28. The number of hydrogen-bond donors (Lipinski definition) is 2. The number of carboxylic acid groups (broad SMARTS) is 2. The molecule has 4 atom stereocenters. The fourth-order valence-corrected chi connectivity index (χ4v) is 4.16. The summed E-state index contributed by atoms with van der Waals surface area (Å²) in [5.41, 5.74) is 3.05. The van der Waals surface area contributed by atoms with Crippen molar-refractivity contribution in [1.82, 2.24) is 4.90 Å². The van der Waals surface area contributed by atoms with Gasteiger partial charge in [0.25, 0.3) is 0 Å². The van der Waals surface area contributed by atoms with Gasteiger partial charge >= 0.3 is 17.9 Å². The van der Waals surface area contributed by atoms with Crippen molar-refractivity contribution < 1.29 is 29.3 Å². The van der Waals surface area contributed by atoms with Crippen LogP contribution in [0.1, 0.15) is 24.5 Å². The van der Waals surface area contributed by atoms with E-state index in [9.17, 15) is 19.5 Å². The number of ether oxygens (including phenoxy) is 1. The van der Waals surface area contributed by atoms with Crippen LogP contribution in [0.3, 0.4) is 0 Å². The molecule has 2 aliphatic rings. The molecule has 2 heterocycles. The van der Waals surface area contributed by atoms with E-state index in [0.717, 1.165) is 22.8 Å². The van der Waals surface area contributed by atoms with E-state index in [-0.39, 0.29) is 17.9 Å². The quantitative estimate of drug-likeness (QED) is 0.591. The molecule has 0 radical (unpaired) electrons. The first-order valence-electron chi connectivity index (χ1n) is 9.12. The van der Waals surface area contributed by atoms with Gasteiger partial charge in [-0.2, -0.15) is 0 Å². The normalized spacial score (nSPS) is 26.9. The lowest BCUT2D eigenvalue weighted by molar-refractivity contribution is -0.151. The van der Waals surface area contributed by atoms with Gasteiger partial charge in [0.15, 0.2) is 0 Å². The molecule has 0 saturated carbocycles. The highest BCUT2D eigenvalue weighted by molar-refractivity contribution is 5.95. The minimum absolute atomic E-state index is 0.101. The van der Waals surface area contributed by atoms with Crippen molar-refractivity contribution in [1.29, 1.82) is 0 Å². The molecule has 1 aromatic carbocycles. The van der Waals surface area contributed by atoms with E-state index in [4.69, 9.17) is 9.84 Å². The molecule has 2 aliphatic heterocycles. The average Bonchev–Trinajstić information content (AvgIpc) is 2.62. The predicted molar refractivity (Wildman–Crippen MR) is 102 cm³/mol. The van der Waals surface area contributed by atoms with Gasteiger partial charge < -0.3 is 14.9 Å². The minimum atomic E-state index is -1.31. The van der Waals surface area contributed by atoms with Crippen LogP contribution in [0, 0.1) is 12.8 Å². The van der Waals surface area contributed by atoms with E-state index in [2.05, 4.69) is 6.07 Å². The lowest BCUT2D eigenvalue weighted by Crippen LogP contribution is -2.54. The Morgan fingerprint density at radius 2 is 2.00 bits per heavy atom. The van der Waals surface area contributed by atoms with Crippen molar-refractivity contribution in [3.05, 3.63) is 53.1 Å². The highest BCUT2D eigenvalue weighted by Gasteiger charge is 2.44. The summed E-state index contributed by atoms with van der Waals surface area (Å²) in [6.45, 7) is 4.33. The van der Waals surface area contributed by atoms with Gasteiger partial charge in [-0.15, -0.1) is 0 Å². The zero-order valence-electron chi connectivity index (χ0n) is 15.8. The van der Waals surface area contributed by atoms with Gasteiger partial charge in [-0.1, -0.05) is 35.9 Å².